The van der Waals surface area contributed by atoms with Gasteiger partial charge in [-0.15, -0.1) is 12.4 Å². The fourth-order valence-corrected chi connectivity index (χ4v) is 3.18. The van der Waals surface area contributed by atoms with E-state index in [1.54, 1.807) is 0 Å². The number of halogens is 1. The number of nitrogens with one attached hydrogen (secondary N) is 1. The number of carbonyl (C=O) groups is 1. The van der Waals surface area contributed by atoms with Crippen molar-refractivity contribution in [2.24, 2.45) is 5.73 Å². The van der Waals surface area contributed by atoms with Crippen LogP contribution in [0.5, 0.6) is 5.75 Å². The van der Waals surface area contributed by atoms with E-state index in [2.05, 4.69) is 4.98 Å². The van der Waals surface area contributed by atoms with E-state index in [4.69, 9.17) is 15.2 Å². The summed E-state index contributed by atoms with van der Waals surface area (Å²) in [7, 11) is 0. The number of aromatic nitrogens is 1. The van der Waals surface area contributed by atoms with E-state index < -0.39 is 0 Å². The van der Waals surface area contributed by atoms with Gasteiger partial charge in [0.05, 0.1) is 19.1 Å². The van der Waals surface area contributed by atoms with Crippen LogP contribution in [-0.4, -0.2) is 30.7 Å². The first-order chi connectivity index (χ1) is 13.2. The number of esters is 1. The van der Waals surface area contributed by atoms with Crippen molar-refractivity contribution >= 4 is 29.3 Å². The van der Waals surface area contributed by atoms with Gasteiger partial charge < -0.3 is 20.2 Å². The molecule has 1 heterocycles. The van der Waals surface area contributed by atoms with Gasteiger partial charge >= 0.3 is 5.97 Å². The molecule has 6 heteroatoms. The zero-order chi connectivity index (χ0) is 19.1. The summed E-state index contributed by atoms with van der Waals surface area (Å²) in [4.78, 5) is 15.8. The van der Waals surface area contributed by atoms with Crippen molar-refractivity contribution in [1.82, 2.24) is 4.98 Å². The Hall–Kier alpha value is -2.50. The topological polar surface area (TPSA) is 77.3 Å². The third-order valence-electron chi connectivity index (χ3n) is 4.55. The molecule has 2 aromatic carbocycles. The van der Waals surface area contributed by atoms with Crippen molar-refractivity contribution in [2.45, 2.75) is 25.7 Å². The van der Waals surface area contributed by atoms with Crippen molar-refractivity contribution in [3.8, 4) is 5.75 Å². The highest BCUT2D eigenvalue weighted by Gasteiger charge is 2.23. The minimum atomic E-state index is -0.328. The average molecular weight is 403 g/mol. The van der Waals surface area contributed by atoms with Crippen LogP contribution in [-0.2, 0) is 16.0 Å². The van der Waals surface area contributed by atoms with Crippen LogP contribution in [0.3, 0.4) is 0 Å². The smallest absolute Gasteiger partial charge is 0.313 e. The monoisotopic (exact) mass is 402 g/mol. The Balaban J connectivity index is 0.00000280. The molecular weight excluding hydrogens is 376 g/mol. The second-order valence-corrected chi connectivity index (χ2v) is 6.43. The van der Waals surface area contributed by atoms with Gasteiger partial charge in [0.2, 0.25) is 0 Å². The van der Waals surface area contributed by atoms with Crippen LogP contribution in [0.2, 0.25) is 0 Å². The van der Waals surface area contributed by atoms with E-state index in [0.29, 0.717) is 26.2 Å². The molecule has 1 aromatic heterocycles. The van der Waals surface area contributed by atoms with Crippen LogP contribution in [0.1, 0.15) is 30.4 Å². The number of nitrogens with two attached hydrogens (primary N) is 1. The summed E-state index contributed by atoms with van der Waals surface area (Å²) in [6, 6.07) is 15.8. The second kappa shape index (κ2) is 10.7. The molecular formula is C22H27ClN2O3. The van der Waals surface area contributed by atoms with E-state index in [1.165, 1.54) is 0 Å². The first-order valence-corrected chi connectivity index (χ1v) is 9.37. The summed E-state index contributed by atoms with van der Waals surface area (Å²) in [5, 5.41) is 1.09. The molecule has 0 aliphatic rings. The van der Waals surface area contributed by atoms with Gasteiger partial charge in [-0.3, -0.25) is 4.79 Å². The summed E-state index contributed by atoms with van der Waals surface area (Å²) in [5.41, 5.74) is 8.54. The summed E-state index contributed by atoms with van der Waals surface area (Å²) < 4.78 is 11.0. The predicted molar refractivity (Wildman–Crippen MR) is 114 cm³/mol. The molecule has 3 aromatic rings. The molecule has 150 valence electrons. The van der Waals surface area contributed by atoms with Gasteiger partial charge in [0.25, 0.3) is 0 Å². The molecule has 28 heavy (non-hydrogen) atoms. The largest absolute Gasteiger partial charge is 0.493 e. The third-order valence-corrected chi connectivity index (χ3v) is 4.55. The number of aromatic amines is 1. The molecule has 3 N–H and O–H groups in total. The normalized spacial score (nSPS) is 11.6. The lowest BCUT2D eigenvalue weighted by Crippen LogP contribution is -2.18. The molecule has 5 nitrogen and oxygen atoms in total. The van der Waals surface area contributed by atoms with Gasteiger partial charge in [-0.25, -0.2) is 0 Å². The van der Waals surface area contributed by atoms with Crippen molar-refractivity contribution in [3.05, 3.63) is 65.9 Å². The van der Waals surface area contributed by atoms with E-state index >= 15 is 0 Å². The van der Waals surface area contributed by atoms with Gasteiger partial charge in [0.15, 0.2) is 0 Å². The lowest BCUT2D eigenvalue weighted by molar-refractivity contribution is -0.144. The maximum atomic E-state index is 12.5. The Morgan fingerprint density at radius 1 is 1.18 bits per heavy atom. The number of hydrogen-bond acceptors (Lipinski definition) is 4. The summed E-state index contributed by atoms with van der Waals surface area (Å²) in [6.07, 6.45) is 3.37. The molecule has 0 radical (unpaired) electrons. The van der Waals surface area contributed by atoms with E-state index in [0.717, 1.165) is 34.2 Å². The molecule has 3 rings (SSSR count). The SMILES string of the molecule is CCOC(=O)C(Cc1c[nH]c2cc(OCCCN)ccc12)c1ccccc1.Cl. The first kappa shape index (κ1) is 21.8. The van der Waals surface area contributed by atoms with Crippen molar-refractivity contribution in [2.75, 3.05) is 19.8 Å². The van der Waals surface area contributed by atoms with Crippen LogP contribution in [0.15, 0.2) is 54.7 Å². The standard InChI is InChI=1S/C22H26N2O3.ClH/c1-2-26-22(25)20(16-7-4-3-5-8-16)13-17-15-24-21-14-18(9-10-19(17)21)27-12-6-11-23;/h3-5,7-10,14-15,20,24H,2,6,11-13,23H2,1H3;1H. The Bertz CT molecular complexity index is 880. The summed E-state index contributed by atoms with van der Waals surface area (Å²) in [5.74, 6) is 0.291. The van der Waals surface area contributed by atoms with Crippen LogP contribution < -0.4 is 10.5 Å². The number of hydrogen-bond donors (Lipinski definition) is 2. The minimum absolute atomic E-state index is 0. The molecule has 1 atom stereocenters. The van der Waals surface area contributed by atoms with Crippen molar-refractivity contribution in [1.29, 1.82) is 0 Å². The number of benzene rings is 2. The zero-order valence-electron chi connectivity index (χ0n) is 16.0. The molecule has 0 saturated heterocycles. The van der Waals surface area contributed by atoms with Gasteiger partial charge in [-0.1, -0.05) is 30.3 Å². The highest BCUT2D eigenvalue weighted by atomic mass is 35.5. The Morgan fingerprint density at radius 2 is 1.96 bits per heavy atom. The van der Waals surface area contributed by atoms with E-state index in [9.17, 15) is 4.79 Å². The van der Waals surface area contributed by atoms with E-state index in [-0.39, 0.29) is 24.3 Å². The third kappa shape index (κ3) is 5.27. The van der Waals surface area contributed by atoms with Crippen molar-refractivity contribution < 1.29 is 14.3 Å². The van der Waals surface area contributed by atoms with Crippen LogP contribution >= 0.6 is 12.4 Å². The molecule has 0 bridgehead atoms. The van der Waals surface area contributed by atoms with Gasteiger partial charge in [-0.2, -0.15) is 0 Å². The lowest BCUT2D eigenvalue weighted by atomic mass is 9.92. The number of rotatable bonds is 9. The number of fused-ring (bicyclic) bond motifs is 1. The Morgan fingerprint density at radius 3 is 2.68 bits per heavy atom. The van der Waals surface area contributed by atoms with Gasteiger partial charge in [-0.05, 0) is 49.6 Å². The van der Waals surface area contributed by atoms with Crippen LogP contribution in [0.4, 0.5) is 0 Å². The molecule has 0 aliphatic carbocycles. The molecule has 0 amide bonds. The maximum absolute atomic E-state index is 12.5. The predicted octanol–water partition coefficient (Wildman–Crippen LogP) is 4.21. The fraction of sp³-hybridized carbons (Fsp3) is 0.318. The fourth-order valence-electron chi connectivity index (χ4n) is 3.18. The number of carbonyl (C=O) groups excluding carboxylic acids is 1. The van der Waals surface area contributed by atoms with Crippen LogP contribution in [0, 0.1) is 0 Å². The summed E-state index contributed by atoms with van der Waals surface area (Å²) in [6.45, 7) is 3.43. The second-order valence-electron chi connectivity index (χ2n) is 6.43. The van der Waals surface area contributed by atoms with Crippen molar-refractivity contribution in [3.63, 3.8) is 0 Å². The minimum Gasteiger partial charge on any atom is -0.493 e. The molecule has 1 unspecified atom stereocenters. The first-order valence-electron chi connectivity index (χ1n) is 9.37. The van der Waals surface area contributed by atoms with Crippen LogP contribution in [0.25, 0.3) is 10.9 Å². The number of ether oxygens (including phenoxy) is 2. The Kier molecular flexibility index (Phi) is 8.36. The van der Waals surface area contributed by atoms with E-state index in [1.807, 2.05) is 61.7 Å². The maximum Gasteiger partial charge on any atom is 0.313 e. The molecule has 0 saturated carbocycles. The summed E-state index contributed by atoms with van der Waals surface area (Å²) >= 11 is 0. The highest BCUT2D eigenvalue weighted by Crippen LogP contribution is 2.29. The molecule has 0 fully saturated rings. The lowest BCUT2D eigenvalue weighted by Gasteiger charge is -2.15. The Labute approximate surface area is 171 Å². The average Bonchev–Trinajstić information content (AvgIpc) is 3.09. The van der Waals surface area contributed by atoms with Gasteiger partial charge in [0.1, 0.15) is 5.75 Å². The quantitative estimate of drug-likeness (QED) is 0.415. The molecule has 0 aliphatic heterocycles. The van der Waals surface area contributed by atoms with Gasteiger partial charge in [0, 0.05) is 23.2 Å². The highest BCUT2D eigenvalue weighted by molar-refractivity contribution is 5.86. The zero-order valence-corrected chi connectivity index (χ0v) is 16.8. The molecule has 0 spiro atoms. The number of H-pyrrole nitrogens is 1.